The van der Waals surface area contributed by atoms with Crippen molar-refractivity contribution >= 4 is 17.5 Å². The number of carbonyl (C=O) groups excluding carboxylic acids is 2. The van der Waals surface area contributed by atoms with Crippen LogP contribution in [0.15, 0.2) is 25.7 Å². The maximum Gasteiger partial charge on any atom is 0.306 e. The maximum atomic E-state index is 12.5. The molecule has 4 heterocycles. The van der Waals surface area contributed by atoms with Crippen LogP contribution in [0.1, 0.15) is 18.7 Å². The van der Waals surface area contributed by atoms with Crippen LogP contribution in [0.25, 0.3) is 17.5 Å². The van der Waals surface area contributed by atoms with E-state index >= 15 is 0 Å². The fourth-order valence-corrected chi connectivity index (χ4v) is 2.73. The second-order valence-corrected chi connectivity index (χ2v) is 5.45. The Labute approximate surface area is 135 Å². The summed E-state index contributed by atoms with van der Waals surface area (Å²) in [6.45, 7) is 3.35. The largest absolute Gasteiger partial charge is 0.417 e. The number of hydrogen-bond donors (Lipinski definition) is 0. The van der Waals surface area contributed by atoms with Crippen LogP contribution in [-0.2, 0) is 9.59 Å². The second-order valence-electron chi connectivity index (χ2n) is 5.45. The second kappa shape index (κ2) is 4.60. The number of aromatic nitrogens is 4. The average Bonchev–Trinajstić information content (AvgIpc) is 3.28. The molecule has 0 unspecified atom stereocenters. The molecular weight excluding hydrogens is 316 g/mol. The molecule has 0 bridgehead atoms. The van der Waals surface area contributed by atoms with Gasteiger partial charge in [0.15, 0.2) is 0 Å². The summed E-state index contributed by atoms with van der Waals surface area (Å²) in [7, 11) is 3.17. The van der Waals surface area contributed by atoms with Gasteiger partial charge in [-0.25, -0.2) is 0 Å². The van der Waals surface area contributed by atoms with E-state index in [0.29, 0.717) is 17.2 Å². The third-order valence-corrected chi connectivity index (χ3v) is 4.06. The van der Waals surface area contributed by atoms with Crippen molar-refractivity contribution in [3.63, 3.8) is 0 Å². The van der Waals surface area contributed by atoms with Crippen LogP contribution in [0.5, 0.6) is 0 Å². The lowest BCUT2D eigenvalue weighted by Gasteiger charge is -2.15. The molecule has 0 spiro atoms. The van der Waals surface area contributed by atoms with Crippen molar-refractivity contribution in [3.05, 3.63) is 28.6 Å². The Kier molecular flexibility index (Phi) is 2.74. The highest BCUT2D eigenvalue weighted by Crippen LogP contribution is 2.41. The first kappa shape index (κ1) is 14.3. The highest BCUT2D eigenvalue weighted by Gasteiger charge is 2.46. The van der Waals surface area contributed by atoms with Crippen molar-refractivity contribution < 1.29 is 18.4 Å². The van der Waals surface area contributed by atoms with E-state index < -0.39 is 0 Å². The number of fused-ring (bicyclic) bond motifs is 1. The summed E-state index contributed by atoms with van der Waals surface area (Å²) in [5.74, 6) is -0.0863. The third-order valence-electron chi connectivity index (χ3n) is 4.06. The molecular formula is C14H12N6O4. The molecule has 0 fully saturated rings. The molecule has 0 radical (unpaired) electrons. The first-order valence-corrected chi connectivity index (χ1v) is 7.06. The zero-order valence-electron chi connectivity index (χ0n) is 13.3. The Morgan fingerprint density at radius 3 is 2.00 bits per heavy atom. The zero-order valence-corrected chi connectivity index (χ0v) is 13.3. The lowest BCUT2D eigenvalue weighted by molar-refractivity contribution is -0.123. The first-order chi connectivity index (χ1) is 11.4. The smallest absolute Gasteiger partial charge is 0.306 e. The zero-order chi connectivity index (χ0) is 17.2. The lowest BCUT2D eigenvalue weighted by atomic mass is 10.1. The fraction of sp³-hybridized carbons (Fsp3) is 0.286. The molecule has 2 amide bonds. The summed E-state index contributed by atoms with van der Waals surface area (Å²) in [4.78, 5) is 27.7. The molecule has 10 heteroatoms. The Morgan fingerprint density at radius 2 is 1.33 bits per heavy atom. The number of rotatable bonds is 2. The normalized spacial score (nSPS) is 17.7. The minimum absolute atomic E-state index is 0.0208. The van der Waals surface area contributed by atoms with E-state index in [1.807, 2.05) is 0 Å². The number of hydrogen-bond acceptors (Lipinski definition) is 8. The molecule has 122 valence electrons. The van der Waals surface area contributed by atoms with Gasteiger partial charge < -0.3 is 18.6 Å². The minimum atomic E-state index is -0.288. The van der Waals surface area contributed by atoms with Crippen molar-refractivity contribution in [1.82, 2.24) is 30.2 Å². The topological polar surface area (TPSA) is 118 Å². The highest BCUT2D eigenvalue weighted by molar-refractivity contribution is 6.24. The Morgan fingerprint density at radius 1 is 0.750 bits per heavy atom. The predicted octanol–water partition coefficient (Wildman–Crippen LogP) is 0.357. The van der Waals surface area contributed by atoms with Gasteiger partial charge in [0.25, 0.3) is 17.7 Å². The molecule has 0 N–H and O–H groups in total. The van der Waals surface area contributed by atoms with E-state index in [-0.39, 0.29) is 40.8 Å². The average molecular weight is 328 g/mol. The van der Waals surface area contributed by atoms with Crippen molar-refractivity contribution in [2.24, 2.45) is 0 Å². The fourth-order valence-electron chi connectivity index (χ4n) is 2.73. The molecule has 0 aliphatic carbocycles. The Balaban J connectivity index is 1.86. The summed E-state index contributed by atoms with van der Waals surface area (Å²) >= 11 is 0. The lowest BCUT2D eigenvalue weighted by Crippen LogP contribution is -2.24. The molecule has 0 aromatic carbocycles. The van der Waals surface area contributed by atoms with Crippen LogP contribution >= 0.6 is 0 Å². The van der Waals surface area contributed by atoms with E-state index in [0.717, 1.165) is 0 Å². The molecule has 0 saturated heterocycles. The molecule has 10 nitrogen and oxygen atoms in total. The van der Waals surface area contributed by atoms with Gasteiger partial charge in [-0.1, -0.05) is 0 Å². The molecule has 2 aromatic heterocycles. The SMILES string of the molecule is CC1=C2C(=O)N(C)C(c3nnc(-c4nnc(C)o4)o3)=C2C(=O)N1C. The van der Waals surface area contributed by atoms with Crippen molar-refractivity contribution in [3.8, 4) is 11.8 Å². The van der Waals surface area contributed by atoms with Crippen LogP contribution in [0.4, 0.5) is 0 Å². The number of aryl methyl sites for hydroxylation is 1. The van der Waals surface area contributed by atoms with Gasteiger partial charge in [0.05, 0.1) is 11.1 Å². The van der Waals surface area contributed by atoms with Crippen LogP contribution < -0.4 is 0 Å². The third kappa shape index (κ3) is 1.70. The van der Waals surface area contributed by atoms with Gasteiger partial charge in [0.2, 0.25) is 5.89 Å². The van der Waals surface area contributed by atoms with E-state index in [1.165, 1.54) is 9.80 Å². The number of amides is 2. The van der Waals surface area contributed by atoms with Crippen molar-refractivity contribution in [2.75, 3.05) is 14.1 Å². The van der Waals surface area contributed by atoms with Gasteiger partial charge >= 0.3 is 11.8 Å². The number of likely N-dealkylation sites (N-methyl/N-ethyl adjacent to an activating group) is 2. The molecule has 0 atom stereocenters. The van der Waals surface area contributed by atoms with Crippen LogP contribution in [0.2, 0.25) is 0 Å². The van der Waals surface area contributed by atoms with Gasteiger partial charge in [-0.15, -0.1) is 20.4 Å². The standard InChI is InChI=1S/C14H12N6O4/c1-5-7-8(14(22)19(5)3)9(20(4)13(7)21)10-16-18-12(24-10)11-17-15-6(2)23-11/h1-4H3. The minimum Gasteiger partial charge on any atom is -0.417 e. The summed E-state index contributed by atoms with van der Waals surface area (Å²) in [6.07, 6.45) is 0. The predicted molar refractivity (Wildman–Crippen MR) is 77.5 cm³/mol. The molecule has 2 aliphatic heterocycles. The van der Waals surface area contributed by atoms with Crippen LogP contribution in [0, 0.1) is 6.92 Å². The summed E-state index contributed by atoms with van der Waals surface area (Å²) in [5.41, 5.74) is 1.49. The number of carbonyl (C=O) groups is 2. The van der Waals surface area contributed by atoms with E-state index in [9.17, 15) is 9.59 Å². The summed E-state index contributed by atoms with van der Waals surface area (Å²) in [6, 6.07) is 0. The van der Waals surface area contributed by atoms with Gasteiger partial charge in [-0.05, 0) is 6.92 Å². The Hall–Kier alpha value is -3.30. The van der Waals surface area contributed by atoms with Gasteiger partial charge in [0, 0.05) is 26.7 Å². The number of allylic oxidation sites excluding steroid dienone is 1. The van der Waals surface area contributed by atoms with E-state index in [1.54, 1.807) is 27.9 Å². The maximum absolute atomic E-state index is 12.5. The Bertz CT molecular complexity index is 966. The molecule has 24 heavy (non-hydrogen) atoms. The van der Waals surface area contributed by atoms with Crippen molar-refractivity contribution in [2.45, 2.75) is 13.8 Å². The van der Waals surface area contributed by atoms with Gasteiger partial charge in [-0.2, -0.15) is 0 Å². The quantitative estimate of drug-likeness (QED) is 0.775. The molecule has 0 saturated carbocycles. The van der Waals surface area contributed by atoms with Crippen molar-refractivity contribution in [1.29, 1.82) is 0 Å². The molecule has 2 aliphatic rings. The van der Waals surface area contributed by atoms with Gasteiger partial charge in [-0.3, -0.25) is 9.59 Å². The first-order valence-electron chi connectivity index (χ1n) is 7.06. The number of nitrogens with zero attached hydrogens (tertiary/aromatic N) is 6. The molecule has 4 rings (SSSR count). The van der Waals surface area contributed by atoms with Gasteiger partial charge in [0.1, 0.15) is 5.70 Å². The van der Waals surface area contributed by atoms with Crippen LogP contribution in [-0.4, -0.2) is 56.1 Å². The van der Waals surface area contributed by atoms with E-state index in [4.69, 9.17) is 8.83 Å². The summed E-state index contributed by atoms with van der Waals surface area (Å²) < 4.78 is 10.8. The van der Waals surface area contributed by atoms with E-state index in [2.05, 4.69) is 20.4 Å². The highest BCUT2D eigenvalue weighted by atomic mass is 16.4. The van der Waals surface area contributed by atoms with Crippen LogP contribution in [0.3, 0.4) is 0 Å². The monoisotopic (exact) mass is 328 g/mol. The summed E-state index contributed by atoms with van der Waals surface area (Å²) in [5, 5.41) is 15.3. The molecule has 2 aromatic rings.